The Labute approximate surface area is 135 Å². The third kappa shape index (κ3) is 3.12. The van der Waals surface area contributed by atoms with Gasteiger partial charge in [-0.3, -0.25) is 9.08 Å². The number of nitrogens with zero attached hydrogens (tertiary/aromatic N) is 6. The smallest absolute Gasteiger partial charge is 0.160 e. The van der Waals surface area contributed by atoms with Crippen molar-refractivity contribution in [3.05, 3.63) is 48.7 Å². The summed E-state index contributed by atoms with van der Waals surface area (Å²) < 4.78 is 4.14. The monoisotopic (exact) mass is 310 g/mol. The maximum absolute atomic E-state index is 4.45. The maximum atomic E-state index is 4.45. The van der Waals surface area contributed by atoms with Crippen LogP contribution in [0.2, 0.25) is 0 Å². The van der Waals surface area contributed by atoms with Gasteiger partial charge in [0.05, 0.1) is 0 Å². The van der Waals surface area contributed by atoms with Gasteiger partial charge in [0.25, 0.3) is 0 Å². The van der Waals surface area contributed by atoms with Crippen LogP contribution in [0.25, 0.3) is 5.65 Å². The lowest BCUT2D eigenvalue weighted by atomic mass is 9.97. The number of likely N-dealkylation sites (tertiary alicyclic amines) is 1. The summed E-state index contributed by atoms with van der Waals surface area (Å²) in [6, 6.07) is 8.05. The summed E-state index contributed by atoms with van der Waals surface area (Å²) in [5.74, 6) is 1.59. The molecule has 0 radical (unpaired) electrons. The molecule has 1 aliphatic heterocycles. The highest BCUT2D eigenvalue weighted by molar-refractivity contribution is 5.37. The molecule has 1 atom stereocenters. The SMILES string of the molecule is c1ccn2c(C3CCCN(CCCn4cccn4)C3)nnc2c1. The van der Waals surface area contributed by atoms with Crippen LogP contribution in [-0.2, 0) is 6.54 Å². The Balaban J connectivity index is 1.39. The van der Waals surface area contributed by atoms with Gasteiger partial charge in [-0.05, 0) is 50.6 Å². The van der Waals surface area contributed by atoms with Gasteiger partial charge in [-0.15, -0.1) is 10.2 Å². The van der Waals surface area contributed by atoms with E-state index in [2.05, 4.69) is 30.8 Å². The van der Waals surface area contributed by atoms with Crippen LogP contribution in [-0.4, -0.2) is 48.9 Å². The summed E-state index contributed by atoms with van der Waals surface area (Å²) in [7, 11) is 0. The Morgan fingerprint density at radius 2 is 2.09 bits per heavy atom. The third-order valence-electron chi connectivity index (χ3n) is 4.63. The Hall–Kier alpha value is -2.21. The molecule has 3 aromatic rings. The van der Waals surface area contributed by atoms with E-state index in [1.54, 1.807) is 0 Å². The first-order valence-corrected chi connectivity index (χ1v) is 8.39. The van der Waals surface area contributed by atoms with E-state index in [1.165, 1.54) is 19.4 Å². The minimum Gasteiger partial charge on any atom is -0.303 e. The number of fused-ring (bicyclic) bond motifs is 1. The molecule has 0 aromatic carbocycles. The molecule has 0 aliphatic carbocycles. The van der Waals surface area contributed by atoms with Crippen molar-refractivity contribution in [1.29, 1.82) is 0 Å². The average Bonchev–Trinajstić information content (AvgIpc) is 3.24. The van der Waals surface area contributed by atoms with Gasteiger partial charge in [-0.25, -0.2) is 0 Å². The molecule has 6 heteroatoms. The Morgan fingerprint density at radius 1 is 1.09 bits per heavy atom. The van der Waals surface area contributed by atoms with Crippen LogP contribution in [0.4, 0.5) is 0 Å². The molecule has 4 rings (SSSR count). The summed E-state index contributed by atoms with van der Waals surface area (Å²) in [6.45, 7) is 4.37. The van der Waals surface area contributed by atoms with Gasteiger partial charge >= 0.3 is 0 Å². The predicted molar refractivity (Wildman–Crippen MR) is 88.2 cm³/mol. The molecule has 4 heterocycles. The number of pyridine rings is 1. The van der Waals surface area contributed by atoms with E-state index in [1.807, 2.05) is 41.3 Å². The molecule has 120 valence electrons. The first kappa shape index (κ1) is 14.4. The minimum absolute atomic E-state index is 0.478. The van der Waals surface area contributed by atoms with E-state index < -0.39 is 0 Å². The molecule has 1 saturated heterocycles. The second kappa shape index (κ2) is 6.50. The van der Waals surface area contributed by atoms with Gasteiger partial charge in [0.15, 0.2) is 5.65 Å². The number of rotatable bonds is 5. The van der Waals surface area contributed by atoms with Crippen molar-refractivity contribution in [2.24, 2.45) is 0 Å². The van der Waals surface area contributed by atoms with Crippen LogP contribution in [0.1, 0.15) is 31.0 Å². The van der Waals surface area contributed by atoms with E-state index in [0.29, 0.717) is 5.92 Å². The number of aromatic nitrogens is 5. The van der Waals surface area contributed by atoms with Gasteiger partial charge in [-0.2, -0.15) is 5.10 Å². The molecule has 6 nitrogen and oxygen atoms in total. The van der Waals surface area contributed by atoms with Crippen molar-refractivity contribution in [1.82, 2.24) is 29.3 Å². The zero-order valence-corrected chi connectivity index (χ0v) is 13.3. The zero-order chi connectivity index (χ0) is 15.5. The van der Waals surface area contributed by atoms with E-state index in [0.717, 1.165) is 37.5 Å². The zero-order valence-electron chi connectivity index (χ0n) is 13.3. The molecular formula is C17H22N6. The molecule has 1 aliphatic rings. The number of hydrogen-bond acceptors (Lipinski definition) is 4. The summed E-state index contributed by atoms with van der Waals surface area (Å²) in [4.78, 5) is 2.56. The quantitative estimate of drug-likeness (QED) is 0.725. The molecule has 0 bridgehead atoms. The number of aryl methyl sites for hydroxylation is 1. The Morgan fingerprint density at radius 3 is 3.00 bits per heavy atom. The Bertz CT molecular complexity index is 747. The summed E-state index contributed by atoms with van der Waals surface area (Å²) in [5.41, 5.74) is 0.943. The van der Waals surface area contributed by atoms with Crippen molar-refractivity contribution in [2.75, 3.05) is 19.6 Å². The maximum Gasteiger partial charge on any atom is 0.160 e. The topological polar surface area (TPSA) is 51.2 Å². The molecule has 0 amide bonds. The highest BCUT2D eigenvalue weighted by Crippen LogP contribution is 2.26. The lowest BCUT2D eigenvalue weighted by molar-refractivity contribution is 0.198. The minimum atomic E-state index is 0.478. The van der Waals surface area contributed by atoms with Gasteiger partial charge in [-0.1, -0.05) is 6.07 Å². The normalized spacial score (nSPS) is 19.4. The fourth-order valence-electron chi connectivity index (χ4n) is 3.50. The van der Waals surface area contributed by atoms with Crippen LogP contribution in [0.15, 0.2) is 42.9 Å². The third-order valence-corrected chi connectivity index (χ3v) is 4.63. The molecule has 0 spiro atoms. The van der Waals surface area contributed by atoms with E-state index in [-0.39, 0.29) is 0 Å². The van der Waals surface area contributed by atoms with Crippen LogP contribution in [0.3, 0.4) is 0 Å². The number of hydrogen-bond donors (Lipinski definition) is 0. The molecular weight excluding hydrogens is 288 g/mol. The van der Waals surface area contributed by atoms with Gasteiger partial charge in [0.1, 0.15) is 5.82 Å². The largest absolute Gasteiger partial charge is 0.303 e. The molecule has 1 fully saturated rings. The van der Waals surface area contributed by atoms with Gasteiger partial charge < -0.3 is 4.90 Å². The fraction of sp³-hybridized carbons (Fsp3) is 0.471. The second-order valence-electron chi connectivity index (χ2n) is 6.25. The van der Waals surface area contributed by atoms with Crippen molar-refractivity contribution >= 4 is 5.65 Å². The standard InChI is InChI=1S/C17H22N6/c1-2-13-23-16(7-1)19-20-17(23)15-6-3-9-21(14-15)10-5-12-22-11-4-8-18-22/h1-2,4,7-8,11,13,15H,3,5-6,9-10,12,14H2. The summed E-state index contributed by atoms with van der Waals surface area (Å²) in [6.07, 6.45) is 9.50. The van der Waals surface area contributed by atoms with Crippen LogP contribution in [0, 0.1) is 0 Å². The first-order valence-electron chi connectivity index (χ1n) is 8.39. The second-order valence-corrected chi connectivity index (χ2v) is 6.25. The molecule has 1 unspecified atom stereocenters. The van der Waals surface area contributed by atoms with Crippen molar-refractivity contribution in [3.8, 4) is 0 Å². The highest BCUT2D eigenvalue weighted by Gasteiger charge is 2.24. The lowest BCUT2D eigenvalue weighted by Crippen LogP contribution is -2.36. The summed E-state index contributed by atoms with van der Waals surface area (Å²) >= 11 is 0. The highest BCUT2D eigenvalue weighted by atomic mass is 15.3. The molecule has 0 saturated carbocycles. The molecule has 23 heavy (non-hydrogen) atoms. The van der Waals surface area contributed by atoms with E-state index in [4.69, 9.17) is 0 Å². The lowest BCUT2D eigenvalue weighted by Gasteiger charge is -2.31. The van der Waals surface area contributed by atoms with Crippen molar-refractivity contribution in [3.63, 3.8) is 0 Å². The van der Waals surface area contributed by atoms with E-state index in [9.17, 15) is 0 Å². The predicted octanol–water partition coefficient (Wildman–Crippen LogP) is 2.20. The molecule has 0 N–H and O–H groups in total. The van der Waals surface area contributed by atoms with Crippen LogP contribution >= 0.6 is 0 Å². The van der Waals surface area contributed by atoms with Gasteiger partial charge in [0, 0.05) is 37.6 Å². The van der Waals surface area contributed by atoms with Crippen LogP contribution in [0.5, 0.6) is 0 Å². The van der Waals surface area contributed by atoms with Crippen molar-refractivity contribution in [2.45, 2.75) is 31.7 Å². The first-order chi connectivity index (χ1) is 11.4. The van der Waals surface area contributed by atoms with E-state index >= 15 is 0 Å². The van der Waals surface area contributed by atoms with Gasteiger partial charge in [0.2, 0.25) is 0 Å². The fourth-order valence-corrected chi connectivity index (χ4v) is 3.50. The Kier molecular flexibility index (Phi) is 4.06. The molecule has 3 aromatic heterocycles. The van der Waals surface area contributed by atoms with Crippen LogP contribution < -0.4 is 0 Å². The average molecular weight is 310 g/mol. The summed E-state index contributed by atoms with van der Waals surface area (Å²) in [5, 5.41) is 13.0. The van der Waals surface area contributed by atoms with Crippen molar-refractivity contribution < 1.29 is 0 Å². The number of piperidine rings is 1.